The van der Waals surface area contributed by atoms with Crippen LogP contribution in [0, 0.1) is 24.0 Å². The van der Waals surface area contributed by atoms with Crippen LogP contribution in [0.3, 0.4) is 0 Å². The van der Waals surface area contributed by atoms with E-state index in [2.05, 4.69) is 35.8 Å². The van der Waals surface area contributed by atoms with E-state index in [-0.39, 0.29) is 84.3 Å². The van der Waals surface area contributed by atoms with Crippen LogP contribution in [0.15, 0.2) is 121 Å². The first kappa shape index (κ1) is 65.3. The molecule has 3 aliphatic rings. The Bertz CT molecular complexity index is 3790. The second-order valence-electron chi connectivity index (χ2n) is 25.0. The number of alkyl halides is 3. The third kappa shape index (κ3) is 15.1. The molecule has 3 saturated heterocycles. The van der Waals surface area contributed by atoms with Crippen LogP contribution in [-0.4, -0.2) is 147 Å². The number of piperazine rings is 2. The number of aromatic nitrogens is 3. The van der Waals surface area contributed by atoms with E-state index >= 15 is 4.39 Å². The standard InChI is InChI=1S/C68H74F5N11O6S/c1-39-35-83(36-40(2)80(39)8)57-32-55(70)53(31-56(57)78-63(88)52-22-21-50(69)29-54(52)68(71,72)73)49-33-74-66(75-34-49)82-25-23-81(24-26-82)60(87)28-44-11-15-47(16-12-44)46-13-9-43(10-14-46)27-59(86)79-62(67(5,6)7)65(90)84-37-51(85)30-58(84)64(89)77-41(3)45-17-19-48(20-18-45)61-42(4)76-38-91-61/h9-22,29,31-34,38-41,51,58,62,85H,23-28,30,35-37H2,1-8H3,(H,77,89)(H,78,88)(H,79,86)/t39-,40+,41-,51+,58-,62+/m0/s1. The Morgan fingerprint density at radius 2 is 1.33 bits per heavy atom. The fraction of sp³-hybridized carbons (Fsp3) is 0.382. The van der Waals surface area contributed by atoms with Crippen molar-refractivity contribution in [3.63, 3.8) is 0 Å². The Hall–Kier alpha value is -8.67. The van der Waals surface area contributed by atoms with Gasteiger partial charge in [0.25, 0.3) is 5.91 Å². The van der Waals surface area contributed by atoms with Crippen LogP contribution in [0.5, 0.6) is 0 Å². The van der Waals surface area contributed by atoms with Crippen LogP contribution in [0.2, 0.25) is 0 Å². The van der Waals surface area contributed by atoms with Crippen LogP contribution < -0.4 is 25.8 Å². The van der Waals surface area contributed by atoms with E-state index in [0.29, 0.717) is 50.8 Å². The molecular weight excluding hydrogens is 1190 g/mol. The van der Waals surface area contributed by atoms with Gasteiger partial charge in [-0.05, 0) is 104 Å². The van der Waals surface area contributed by atoms with Gasteiger partial charge in [0.15, 0.2) is 0 Å². The minimum Gasteiger partial charge on any atom is -0.391 e. The number of halogens is 5. The molecule has 0 radical (unpaired) electrons. The number of hydrogen-bond acceptors (Lipinski definition) is 13. The smallest absolute Gasteiger partial charge is 0.391 e. The van der Waals surface area contributed by atoms with Crippen LogP contribution in [0.1, 0.15) is 92.3 Å². The number of β-amino-alcohol motifs (C(OH)–C–C–N with tert-alkyl or cyclic N) is 1. The number of benzene rings is 5. The summed E-state index contributed by atoms with van der Waals surface area (Å²) in [5, 5.41) is 19.3. The van der Waals surface area contributed by atoms with E-state index in [4.69, 9.17) is 0 Å². The minimum atomic E-state index is -5.03. The highest BCUT2D eigenvalue weighted by Crippen LogP contribution is 2.39. The molecule has 0 bridgehead atoms. The van der Waals surface area contributed by atoms with Gasteiger partial charge < -0.3 is 40.7 Å². The number of aryl methyl sites for hydroxylation is 1. The summed E-state index contributed by atoms with van der Waals surface area (Å²) in [6.07, 6.45) is -2.87. The topological polar surface area (TPSA) is 197 Å². The molecular formula is C68H74F5N11O6S. The maximum absolute atomic E-state index is 16.3. The van der Waals surface area contributed by atoms with Gasteiger partial charge in [0.05, 0.1) is 63.6 Å². The largest absolute Gasteiger partial charge is 0.417 e. The van der Waals surface area contributed by atoms with Crippen molar-refractivity contribution in [1.29, 1.82) is 0 Å². The molecule has 23 heteroatoms. The van der Waals surface area contributed by atoms with Crippen molar-refractivity contribution in [1.82, 2.24) is 40.3 Å². The van der Waals surface area contributed by atoms with Gasteiger partial charge in [-0.1, -0.05) is 93.6 Å². The number of amides is 5. The molecule has 3 fully saturated rings. The highest BCUT2D eigenvalue weighted by atomic mass is 32.1. The Morgan fingerprint density at radius 1 is 0.725 bits per heavy atom. The first-order valence-corrected chi connectivity index (χ1v) is 31.2. The quantitative estimate of drug-likeness (QED) is 0.0670. The molecule has 4 N–H and O–H groups in total. The van der Waals surface area contributed by atoms with Gasteiger partial charge in [-0.3, -0.25) is 28.9 Å². The maximum Gasteiger partial charge on any atom is 0.417 e. The maximum atomic E-state index is 16.3. The molecule has 91 heavy (non-hydrogen) atoms. The van der Waals surface area contributed by atoms with Crippen molar-refractivity contribution in [2.45, 2.75) is 110 Å². The van der Waals surface area contributed by atoms with Crippen LogP contribution in [0.4, 0.5) is 39.3 Å². The average Bonchev–Trinajstić information content (AvgIpc) is 1.60. The van der Waals surface area contributed by atoms with E-state index in [1.165, 1.54) is 29.4 Å². The number of carbonyl (C=O) groups is 5. The number of likely N-dealkylation sites (tertiary alicyclic amines) is 1. The monoisotopic (exact) mass is 1270 g/mol. The Morgan fingerprint density at radius 3 is 1.91 bits per heavy atom. The predicted molar refractivity (Wildman–Crippen MR) is 340 cm³/mol. The van der Waals surface area contributed by atoms with E-state index in [0.717, 1.165) is 50.5 Å². The minimum absolute atomic E-state index is 0.00958. The molecule has 5 heterocycles. The first-order chi connectivity index (χ1) is 43.2. The Kier molecular flexibility index (Phi) is 19.4. The molecule has 0 saturated carbocycles. The zero-order valence-electron chi connectivity index (χ0n) is 51.9. The number of nitrogens with one attached hydrogen (secondary N) is 3. The molecule has 3 aliphatic heterocycles. The van der Waals surface area contributed by atoms with Crippen molar-refractivity contribution in [3.8, 4) is 32.7 Å². The van der Waals surface area contributed by atoms with Gasteiger partial charge >= 0.3 is 6.18 Å². The number of nitrogens with zero attached hydrogens (tertiary/aromatic N) is 8. The fourth-order valence-corrected chi connectivity index (χ4v) is 12.8. The summed E-state index contributed by atoms with van der Waals surface area (Å²) in [4.78, 5) is 92.6. The van der Waals surface area contributed by atoms with Gasteiger partial charge in [-0.25, -0.2) is 23.7 Å². The molecule has 17 nitrogen and oxygen atoms in total. The van der Waals surface area contributed by atoms with E-state index in [1.807, 2.05) is 138 Å². The molecule has 5 amide bonds. The lowest BCUT2D eigenvalue weighted by molar-refractivity contribution is -0.144. The van der Waals surface area contributed by atoms with Gasteiger partial charge in [-0.2, -0.15) is 13.2 Å². The molecule has 2 aromatic heterocycles. The number of aliphatic hydroxyl groups excluding tert-OH is 1. The summed E-state index contributed by atoms with van der Waals surface area (Å²) < 4.78 is 72.4. The molecule has 0 unspecified atom stereocenters. The average molecular weight is 1270 g/mol. The summed E-state index contributed by atoms with van der Waals surface area (Å²) in [5.74, 6) is -3.92. The Balaban J connectivity index is 0.715. The van der Waals surface area contributed by atoms with Crippen LogP contribution in [-0.2, 0) is 38.2 Å². The Labute approximate surface area is 529 Å². The molecule has 0 spiro atoms. The number of hydrogen-bond donors (Lipinski definition) is 4. The second kappa shape index (κ2) is 27.0. The van der Waals surface area contributed by atoms with Gasteiger partial charge in [0, 0.05) is 87.8 Å². The number of carbonyl (C=O) groups excluding carboxylic acids is 5. The summed E-state index contributed by atoms with van der Waals surface area (Å²) in [6, 6.07) is 25.2. The number of anilines is 3. The SMILES string of the molecule is Cc1ncsc1-c1ccc([C@H](C)NC(=O)[C@@H]2C[C@@H](O)CN2C(=O)[C@@H](NC(=O)Cc2ccc(-c3ccc(CC(=O)N4CCN(c5ncc(-c6cc(NC(=O)c7ccc(F)cc7C(F)(F)F)c(N7C[C@@H](C)N(C)[C@@H](C)C7)cc6F)cn5)CC4)cc3)cc2)C(C)(C)C)cc1. The van der Waals surface area contributed by atoms with E-state index in [1.54, 1.807) is 21.7 Å². The van der Waals surface area contributed by atoms with E-state index < -0.39 is 70.3 Å². The van der Waals surface area contributed by atoms with Gasteiger partial charge in [0.1, 0.15) is 23.7 Å². The van der Waals surface area contributed by atoms with E-state index in [9.17, 15) is 46.6 Å². The lowest BCUT2D eigenvalue weighted by Gasteiger charge is -2.44. The molecule has 0 aliphatic carbocycles. The van der Waals surface area contributed by atoms with Crippen molar-refractivity contribution >= 4 is 58.2 Å². The fourth-order valence-electron chi connectivity index (χ4n) is 12.0. The third-order valence-corrected chi connectivity index (χ3v) is 18.4. The number of rotatable bonds is 16. The second-order valence-corrected chi connectivity index (χ2v) is 25.9. The number of likely N-dealkylation sites (N-methyl/N-ethyl adjacent to an activating group) is 1. The number of aliphatic hydroxyl groups is 1. The molecule has 478 valence electrons. The molecule has 10 rings (SSSR count). The normalized spacial score (nSPS) is 18.8. The highest BCUT2D eigenvalue weighted by Gasteiger charge is 2.45. The zero-order valence-corrected chi connectivity index (χ0v) is 52.8. The summed E-state index contributed by atoms with van der Waals surface area (Å²) in [6.45, 7) is 15.8. The van der Waals surface area contributed by atoms with Gasteiger partial charge in [-0.15, -0.1) is 11.3 Å². The lowest BCUT2D eigenvalue weighted by Crippen LogP contribution is -2.58. The molecule has 5 aromatic carbocycles. The zero-order chi connectivity index (χ0) is 65.2. The van der Waals surface area contributed by atoms with Crippen molar-refractivity contribution < 1.29 is 51.0 Å². The van der Waals surface area contributed by atoms with Crippen LogP contribution >= 0.6 is 11.3 Å². The van der Waals surface area contributed by atoms with Gasteiger partial charge in [0.2, 0.25) is 29.6 Å². The predicted octanol–water partition coefficient (Wildman–Crippen LogP) is 10.1. The molecule has 6 atom stereocenters. The van der Waals surface area contributed by atoms with Crippen molar-refractivity contribution in [2.24, 2.45) is 5.41 Å². The van der Waals surface area contributed by atoms with Crippen LogP contribution in [0.25, 0.3) is 32.7 Å². The third-order valence-electron chi connectivity index (χ3n) is 17.5. The summed E-state index contributed by atoms with van der Waals surface area (Å²) in [7, 11) is 1.96. The lowest BCUT2D eigenvalue weighted by atomic mass is 9.85. The van der Waals surface area contributed by atoms with Crippen molar-refractivity contribution in [2.75, 3.05) is 68.0 Å². The summed E-state index contributed by atoms with van der Waals surface area (Å²) >= 11 is 1.56. The van der Waals surface area contributed by atoms with Crippen molar-refractivity contribution in [3.05, 3.63) is 166 Å². The summed E-state index contributed by atoms with van der Waals surface area (Å²) in [5.41, 5.74) is 5.55. The number of thiazole rings is 1. The highest BCUT2D eigenvalue weighted by molar-refractivity contribution is 7.13. The molecule has 7 aromatic rings. The first-order valence-electron chi connectivity index (χ1n) is 30.3.